The molecule has 0 saturated carbocycles. The molecule has 0 atom stereocenters. The molecule has 0 aliphatic rings. The average Bonchev–Trinajstić information content (AvgIpc) is 2.49. The molecule has 0 unspecified atom stereocenters. The van der Waals surface area contributed by atoms with Gasteiger partial charge >= 0.3 is 6.03 Å². The lowest BCUT2D eigenvalue weighted by Gasteiger charge is -2.11. The molecule has 6 nitrogen and oxygen atoms in total. The lowest BCUT2D eigenvalue weighted by atomic mass is 10.2. The van der Waals surface area contributed by atoms with Gasteiger partial charge in [-0.25, -0.2) is 4.79 Å². The fourth-order valence-electron chi connectivity index (χ4n) is 1.87. The minimum atomic E-state index is -0.262. The van der Waals surface area contributed by atoms with Crippen molar-refractivity contribution in [1.29, 1.82) is 0 Å². The molecule has 2 aromatic rings. The number of carbonyl (C=O) groups excluding carboxylic acids is 2. The molecule has 2 rings (SSSR count). The summed E-state index contributed by atoms with van der Waals surface area (Å²) in [5.74, 6) is -0.226. The zero-order chi connectivity index (χ0) is 16.8. The monoisotopic (exact) mass is 312 g/mol. The summed E-state index contributed by atoms with van der Waals surface area (Å²) >= 11 is 0. The summed E-state index contributed by atoms with van der Waals surface area (Å²) in [6.45, 7) is 5.64. The summed E-state index contributed by atoms with van der Waals surface area (Å²) in [6.07, 6.45) is 1.54. The van der Waals surface area contributed by atoms with Gasteiger partial charge in [0.05, 0.1) is 5.56 Å². The van der Waals surface area contributed by atoms with E-state index in [9.17, 15) is 9.59 Å². The third-order valence-electron chi connectivity index (χ3n) is 2.99. The number of nitrogens with one attached hydrogen (secondary N) is 3. The summed E-state index contributed by atoms with van der Waals surface area (Å²) in [5.41, 5.74) is 2.65. The Morgan fingerprint density at radius 2 is 1.57 bits per heavy atom. The summed E-state index contributed by atoms with van der Waals surface area (Å²) in [5, 5.41) is 8.24. The van der Waals surface area contributed by atoms with Gasteiger partial charge in [0.15, 0.2) is 0 Å². The highest BCUT2D eigenvalue weighted by molar-refractivity contribution is 6.04. The molecule has 0 saturated heterocycles. The predicted molar refractivity (Wildman–Crippen MR) is 90.7 cm³/mol. The second-order valence-corrected chi connectivity index (χ2v) is 5.47. The molecule has 6 heteroatoms. The van der Waals surface area contributed by atoms with Crippen LogP contribution in [0.5, 0.6) is 0 Å². The molecule has 0 fully saturated rings. The normalized spacial score (nSPS) is 10.3. The first kappa shape index (κ1) is 16.5. The van der Waals surface area contributed by atoms with Gasteiger partial charge in [-0.15, -0.1) is 0 Å². The maximum atomic E-state index is 12.1. The minimum Gasteiger partial charge on any atom is -0.336 e. The van der Waals surface area contributed by atoms with E-state index in [1.54, 1.807) is 36.4 Å². The molecule has 120 valence electrons. The van der Waals surface area contributed by atoms with Crippen LogP contribution in [-0.4, -0.2) is 23.0 Å². The van der Waals surface area contributed by atoms with Crippen molar-refractivity contribution >= 4 is 23.3 Å². The number of rotatable bonds is 4. The Hall–Kier alpha value is -2.89. The van der Waals surface area contributed by atoms with Crippen LogP contribution in [0.25, 0.3) is 0 Å². The molecule has 1 aromatic heterocycles. The third-order valence-corrected chi connectivity index (χ3v) is 2.99. The first-order valence-electron chi connectivity index (χ1n) is 7.35. The van der Waals surface area contributed by atoms with Crippen LogP contribution in [0.1, 0.15) is 29.9 Å². The van der Waals surface area contributed by atoms with Crippen molar-refractivity contribution in [3.8, 4) is 0 Å². The van der Waals surface area contributed by atoms with Gasteiger partial charge in [0.25, 0.3) is 5.91 Å². The zero-order valence-electron chi connectivity index (χ0n) is 13.4. The van der Waals surface area contributed by atoms with Crippen LogP contribution in [0.4, 0.5) is 16.2 Å². The highest BCUT2D eigenvalue weighted by atomic mass is 16.2. The Labute approximate surface area is 135 Å². The van der Waals surface area contributed by atoms with Gasteiger partial charge in [-0.2, -0.15) is 0 Å². The van der Waals surface area contributed by atoms with E-state index in [0.717, 1.165) is 5.69 Å². The maximum Gasteiger partial charge on any atom is 0.319 e. The molecular formula is C17H20N4O2. The summed E-state index contributed by atoms with van der Waals surface area (Å²) < 4.78 is 0. The topological polar surface area (TPSA) is 83.1 Å². The molecule has 0 spiro atoms. The number of amides is 3. The number of hydrogen-bond donors (Lipinski definition) is 3. The number of hydrogen-bond acceptors (Lipinski definition) is 3. The first-order chi connectivity index (χ1) is 10.9. The van der Waals surface area contributed by atoms with Crippen molar-refractivity contribution in [3.05, 3.63) is 53.9 Å². The van der Waals surface area contributed by atoms with Gasteiger partial charge in [-0.05, 0) is 57.2 Å². The van der Waals surface area contributed by atoms with Gasteiger partial charge in [0, 0.05) is 29.3 Å². The van der Waals surface area contributed by atoms with Crippen LogP contribution in [0.3, 0.4) is 0 Å². The Morgan fingerprint density at radius 3 is 2.09 bits per heavy atom. The highest BCUT2D eigenvalue weighted by Crippen LogP contribution is 2.14. The zero-order valence-corrected chi connectivity index (χ0v) is 13.4. The fourth-order valence-corrected chi connectivity index (χ4v) is 1.87. The molecule has 1 aromatic carbocycles. The van der Waals surface area contributed by atoms with Crippen molar-refractivity contribution in [1.82, 2.24) is 10.3 Å². The molecule has 3 N–H and O–H groups in total. The lowest BCUT2D eigenvalue weighted by Crippen LogP contribution is -2.34. The van der Waals surface area contributed by atoms with E-state index in [4.69, 9.17) is 0 Å². The fraction of sp³-hybridized carbons (Fsp3) is 0.235. The standard InChI is InChI=1S/C17H20N4O2/c1-11(2)19-17(23)21-15-8-6-14(7-9-15)20-16(22)13-5-4-12(3)18-10-13/h4-11H,1-3H3,(H,20,22)(H2,19,21,23). The molecule has 0 aliphatic carbocycles. The Bertz CT molecular complexity index is 679. The predicted octanol–water partition coefficient (Wildman–Crippen LogP) is 3.17. The Morgan fingerprint density at radius 1 is 0.957 bits per heavy atom. The molecule has 0 aliphatic heterocycles. The van der Waals surface area contributed by atoms with Crippen LogP contribution in [0.15, 0.2) is 42.6 Å². The highest BCUT2D eigenvalue weighted by Gasteiger charge is 2.07. The first-order valence-corrected chi connectivity index (χ1v) is 7.35. The van der Waals surface area contributed by atoms with Crippen LogP contribution in [0.2, 0.25) is 0 Å². The molecule has 0 bridgehead atoms. The van der Waals surface area contributed by atoms with Gasteiger partial charge in [0.1, 0.15) is 0 Å². The van der Waals surface area contributed by atoms with Crippen molar-refractivity contribution in [2.24, 2.45) is 0 Å². The third kappa shape index (κ3) is 5.10. The van der Waals surface area contributed by atoms with Crippen LogP contribution >= 0.6 is 0 Å². The van der Waals surface area contributed by atoms with E-state index in [0.29, 0.717) is 16.9 Å². The molecular weight excluding hydrogens is 292 g/mol. The minimum absolute atomic E-state index is 0.0664. The number of anilines is 2. The molecule has 3 amide bonds. The van der Waals surface area contributed by atoms with Gasteiger partial charge < -0.3 is 16.0 Å². The van der Waals surface area contributed by atoms with E-state index in [2.05, 4.69) is 20.9 Å². The van der Waals surface area contributed by atoms with Crippen molar-refractivity contribution in [2.75, 3.05) is 10.6 Å². The number of nitrogens with zero attached hydrogens (tertiary/aromatic N) is 1. The smallest absolute Gasteiger partial charge is 0.319 e. The van der Waals surface area contributed by atoms with E-state index >= 15 is 0 Å². The van der Waals surface area contributed by atoms with E-state index in [-0.39, 0.29) is 18.0 Å². The summed E-state index contributed by atoms with van der Waals surface area (Å²) in [7, 11) is 0. The Kier molecular flexibility index (Phi) is 5.30. The average molecular weight is 312 g/mol. The van der Waals surface area contributed by atoms with Crippen molar-refractivity contribution in [2.45, 2.75) is 26.8 Å². The number of benzene rings is 1. The lowest BCUT2D eigenvalue weighted by molar-refractivity contribution is 0.102. The van der Waals surface area contributed by atoms with Gasteiger partial charge in [-0.3, -0.25) is 9.78 Å². The van der Waals surface area contributed by atoms with Gasteiger partial charge in [0.2, 0.25) is 0 Å². The number of carbonyl (C=O) groups is 2. The second-order valence-electron chi connectivity index (χ2n) is 5.47. The molecule has 0 radical (unpaired) electrons. The number of pyridine rings is 1. The number of aryl methyl sites for hydroxylation is 1. The summed E-state index contributed by atoms with van der Waals surface area (Å²) in [6, 6.07) is 10.2. The van der Waals surface area contributed by atoms with E-state index in [1.165, 1.54) is 6.20 Å². The van der Waals surface area contributed by atoms with Crippen LogP contribution in [-0.2, 0) is 0 Å². The van der Waals surface area contributed by atoms with Crippen LogP contribution in [0, 0.1) is 6.92 Å². The maximum absolute atomic E-state index is 12.1. The van der Waals surface area contributed by atoms with Crippen molar-refractivity contribution in [3.63, 3.8) is 0 Å². The quantitative estimate of drug-likeness (QED) is 0.811. The number of urea groups is 1. The molecule has 1 heterocycles. The largest absolute Gasteiger partial charge is 0.336 e. The second kappa shape index (κ2) is 7.40. The SMILES string of the molecule is Cc1ccc(C(=O)Nc2ccc(NC(=O)NC(C)C)cc2)cn1. The molecule has 23 heavy (non-hydrogen) atoms. The van der Waals surface area contributed by atoms with E-state index in [1.807, 2.05) is 20.8 Å². The van der Waals surface area contributed by atoms with Gasteiger partial charge in [-0.1, -0.05) is 0 Å². The van der Waals surface area contributed by atoms with E-state index < -0.39 is 0 Å². The number of aromatic nitrogens is 1. The summed E-state index contributed by atoms with van der Waals surface area (Å²) in [4.78, 5) is 27.8. The van der Waals surface area contributed by atoms with Crippen LogP contribution < -0.4 is 16.0 Å². The Balaban J connectivity index is 1.95. The van der Waals surface area contributed by atoms with Crippen molar-refractivity contribution < 1.29 is 9.59 Å².